The fourth-order valence-corrected chi connectivity index (χ4v) is 3.84. The summed E-state index contributed by atoms with van der Waals surface area (Å²) in [6, 6.07) is 27.5. The highest BCUT2D eigenvalue weighted by atomic mass is 16.4. The Morgan fingerprint density at radius 3 is 1.24 bits per heavy atom. The zero-order valence-electron chi connectivity index (χ0n) is 15.7. The van der Waals surface area contributed by atoms with Crippen molar-refractivity contribution in [3.63, 3.8) is 0 Å². The monoisotopic (exact) mass is 392 g/mol. The third kappa shape index (κ3) is 3.86. The zero-order chi connectivity index (χ0) is 20.9. The molecule has 5 heteroatoms. The molecule has 29 heavy (non-hydrogen) atoms. The van der Waals surface area contributed by atoms with E-state index in [0.29, 0.717) is 16.7 Å². The van der Waals surface area contributed by atoms with Gasteiger partial charge in [-0.25, -0.2) is 0 Å². The van der Waals surface area contributed by atoms with Gasteiger partial charge in [0.25, 0.3) is 0 Å². The van der Waals surface area contributed by atoms with Crippen LogP contribution >= 0.6 is 0 Å². The van der Waals surface area contributed by atoms with E-state index in [0.717, 1.165) is 0 Å². The lowest BCUT2D eigenvalue weighted by Crippen LogP contribution is -2.55. The molecule has 0 aromatic heterocycles. The average Bonchev–Trinajstić information content (AvgIpc) is 2.80. The number of aliphatic hydroxyl groups excluding tert-OH is 4. The number of hydrogen-bond acceptors (Lipinski definition) is 5. The first kappa shape index (κ1) is 20.9. The van der Waals surface area contributed by atoms with Gasteiger partial charge in [0.2, 0.25) is 0 Å². The van der Waals surface area contributed by atoms with Crippen LogP contribution in [0.2, 0.25) is 0 Å². The number of aldehydes is 1. The Balaban J connectivity index is 2.29. The molecule has 0 amide bonds. The normalized spacial score (nSPS) is 15.9. The molecule has 0 heterocycles. The van der Waals surface area contributed by atoms with E-state index in [1.165, 1.54) is 0 Å². The van der Waals surface area contributed by atoms with Gasteiger partial charge in [-0.1, -0.05) is 91.0 Å². The summed E-state index contributed by atoms with van der Waals surface area (Å²) in [5, 5.41) is 42.3. The number of hydrogen-bond donors (Lipinski definition) is 4. The molecule has 150 valence electrons. The molecule has 4 N–H and O–H groups in total. The van der Waals surface area contributed by atoms with Gasteiger partial charge in [0.05, 0.1) is 5.41 Å². The van der Waals surface area contributed by atoms with Crippen LogP contribution in [-0.2, 0) is 10.2 Å². The lowest BCUT2D eigenvalue weighted by Gasteiger charge is -2.43. The van der Waals surface area contributed by atoms with Crippen LogP contribution in [0.1, 0.15) is 16.7 Å². The Morgan fingerprint density at radius 1 is 0.586 bits per heavy atom. The third-order valence-corrected chi connectivity index (χ3v) is 5.29. The molecule has 0 fully saturated rings. The molecule has 1 unspecified atom stereocenters. The van der Waals surface area contributed by atoms with Crippen molar-refractivity contribution in [2.45, 2.75) is 29.8 Å². The first-order valence-electron chi connectivity index (χ1n) is 9.37. The molecule has 5 nitrogen and oxygen atoms in total. The molecule has 0 aliphatic heterocycles. The predicted molar refractivity (Wildman–Crippen MR) is 109 cm³/mol. The van der Waals surface area contributed by atoms with Crippen molar-refractivity contribution in [3.05, 3.63) is 108 Å². The Kier molecular flexibility index (Phi) is 6.56. The zero-order valence-corrected chi connectivity index (χ0v) is 15.7. The molecule has 0 saturated heterocycles. The second kappa shape index (κ2) is 9.11. The highest BCUT2D eigenvalue weighted by molar-refractivity contribution is 5.57. The van der Waals surface area contributed by atoms with E-state index in [1.807, 2.05) is 91.0 Å². The Morgan fingerprint density at radius 2 is 0.931 bits per heavy atom. The van der Waals surface area contributed by atoms with E-state index in [2.05, 4.69) is 0 Å². The van der Waals surface area contributed by atoms with Crippen LogP contribution in [0.4, 0.5) is 0 Å². The Labute approximate surface area is 169 Å². The summed E-state index contributed by atoms with van der Waals surface area (Å²) in [4.78, 5) is 10.9. The first-order valence-corrected chi connectivity index (χ1v) is 9.37. The van der Waals surface area contributed by atoms with Gasteiger partial charge in [-0.05, 0) is 16.7 Å². The minimum atomic E-state index is -1.85. The standard InChI is InChI=1S/C24H24O5/c25-16-20(26)21(27)22(28)23(29)24(17-10-4-1-5-11-17,18-12-6-2-7-13-18)19-14-8-3-9-15-19/h1-16,20-23,26-29H/t20-,21-,22-,23?/m0/s1. The molecule has 3 aromatic carbocycles. The maximum absolute atomic E-state index is 11.5. The van der Waals surface area contributed by atoms with Crippen LogP contribution in [0.5, 0.6) is 0 Å². The summed E-state index contributed by atoms with van der Waals surface area (Å²) >= 11 is 0. The second-order valence-electron chi connectivity index (χ2n) is 6.96. The van der Waals surface area contributed by atoms with E-state index < -0.39 is 29.8 Å². The van der Waals surface area contributed by atoms with E-state index in [-0.39, 0.29) is 6.29 Å². The summed E-state index contributed by atoms with van der Waals surface area (Å²) in [5.74, 6) is 0. The Hall–Kier alpha value is -2.83. The Bertz CT molecular complexity index is 802. The summed E-state index contributed by atoms with van der Waals surface area (Å²) in [5.41, 5.74) is 0.817. The van der Waals surface area contributed by atoms with Gasteiger partial charge >= 0.3 is 0 Å². The lowest BCUT2D eigenvalue weighted by molar-refractivity contribution is -0.136. The number of carbonyl (C=O) groups is 1. The van der Waals surface area contributed by atoms with Gasteiger partial charge in [-0.3, -0.25) is 0 Å². The quantitative estimate of drug-likeness (QED) is 0.345. The average molecular weight is 392 g/mol. The smallest absolute Gasteiger partial charge is 0.151 e. The van der Waals surface area contributed by atoms with E-state index in [1.54, 1.807) is 0 Å². The van der Waals surface area contributed by atoms with Crippen molar-refractivity contribution < 1.29 is 25.2 Å². The molecule has 0 radical (unpaired) electrons. The maximum atomic E-state index is 11.5. The van der Waals surface area contributed by atoms with Crippen LogP contribution in [0.25, 0.3) is 0 Å². The van der Waals surface area contributed by atoms with Crippen molar-refractivity contribution in [3.8, 4) is 0 Å². The topological polar surface area (TPSA) is 98.0 Å². The SMILES string of the molecule is O=C[C@H](O)[C@H](O)[C@H](O)C(O)C(c1ccccc1)(c1ccccc1)c1ccccc1. The summed E-state index contributed by atoms with van der Waals surface area (Å²) < 4.78 is 0. The van der Waals surface area contributed by atoms with Crippen molar-refractivity contribution in [1.82, 2.24) is 0 Å². The van der Waals surface area contributed by atoms with Crippen LogP contribution in [0, 0.1) is 0 Å². The summed E-state index contributed by atoms with van der Waals surface area (Å²) in [7, 11) is 0. The minimum Gasteiger partial charge on any atom is -0.389 e. The fraction of sp³-hybridized carbons (Fsp3) is 0.208. The van der Waals surface area contributed by atoms with Crippen LogP contribution in [0.3, 0.4) is 0 Å². The van der Waals surface area contributed by atoms with Gasteiger partial charge in [0.1, 0.15) is 24.4 Å². The predicted octanol–water partition coefficient (Wildman–Crippen LogP) is 1.66. The van der Waals surface area contributed by atoms with Gasteiger partial charge in [-0.2, -0.15) is 0 Å². The van der Waals surface area contributed by atoms with Gasteiger partial charge in [0, 0.05) is 0 Å². The maximum Gasteiger partial charge on any atom is 0.151 e. The molecule has 0 aliphatic carbocycles. The molecule has 0 aliphatic rings. The first-order chi connectivity index (χ1) is 14.0. The van der Waals surface area contributed by atoms with Crippen molar-refractivity contribution >= 4 is 6.29 Å². The van der Waals surface area contributed by atoms with Crippen molar-refractivity contribution in [2.24, 2.45) is 0 Å². The van der Waals surface area contributed by atoms with Crippen molar-refractivity contribution in [2.75, 3.05) is 0 Å². The largest absolute Gasteiger partial charge is 0.389 e. The fourth-order valence-electron chi connectivity index (χ4n) is 3.84. The van der Waals surface area contributed by atoms with Crippen LogP contribution in [-0.4, -0.2) is 51.1 Å². The van der Waals surface area contributed by atoms with E-state index >= 15 is 0 Å². The van der Waals surface area contributed by atoms with Gasteiger partial charge in [-0.15, -0.1) is 0 Å². The van der Waals surface area contributed by atoms with Crippen LogP contribution in [0.15, 0.2) is 91.0 Å². The molecular weight excluding hydrogens is 368 g/mol. The van der Waals surface area contributed by atoms with Crippen LogP contribution < -0.4 is 0 Å². The molecule has 3 rings (SSSR count). The molecule has 0 bridgehead atoms. The molecule has 3 aromatic rings. The molecule has 0 saturated carbocycles. The highest BCUT2D eigenvalue weighted by Crippen LogP contribution is 2.43. The molecule has 0 spiro atoms. The molecular formula is C24H24O5. The summed E-state index contributed by atoms with van der Waals surface area (Å²) in [6.07, 6.45) is -6.90. The van der Waals surface area contributed by atoms with E-state index in [4.69, 9.17) is 0 Å². The van der Waals surface area contributed by atoms with Gasteiger partial charge in [0.15, 0.2) is 6.29 Å². The molecule has 4 atom stereocenters. The second-order valence-corrected chi connectivity index (χ2v) is 6.96. The minimum absolute atomic E-state index is 0.135. The lowest BCUT2D eigenvalue weighted by atomic mass is 9.64. The summed E-state index contributed by atoms with van der Waals surface area (Å²) in [6.45, 7) is 0. The highest BCUT2D eigenvalue weighted by Gasteiger charge is 2.48. The third-order valence-electron chi connectivity index (χ3n) is 5.29. The number of carbonyl (C=O) groups excluding carboxylic acids is 1. The van der Waals surface area contributed by atoms with Crippen molar-refractivity contribution in [1.29, 1.82) is 0 Å². The number of aliphatic hydroxyl groups is 4. The number of benzene rings is 3. The van der Waals surface area contributed by atoms with E-state index in [9.17, 15) is 25.2 Å². The number of rotatable bonds is 8. The van der Waals surface area contributed by atoms with Gasteiger partial charge < -0.3 is 25.2 Å².